The normalized spacial score (nSPS) is 11.2. The van der Waals surface area contributed by atoms with Gasteiger partial charge >= 0.3 is 5.97 Å². The van der Waals surface area contributed by atoms with E-state index in [1.165, 1.54) is 0 Å². The highest BCUT2D eigenvalue weighted by molar-refractivity contribution is 6.30. The standard InChI is InChI=1S/C14H20ClNO2/c1-10(2)7-16(9-14(17)18)8-12-4-5-13(15)6-11(12)3/h4-6,10H,7-9H2,1-3H3,(H,17,18). The highest BCUT2D eigenvalue weighted by atomic mass is 35.5. The summed E-state index contributed by atoms with van der Waals surface area (Å²) in [5.74, 6) is -0.348. The van der Waals surface area contributed by atoms with E-state index in [0.717, 1.165) is 17.7 Å². The van der Waals surface area contributed by atoms with Gasteiger partial charge in [-0.1, -0.05) is 31.5 Å². The highest BCUT2D eigenvalue weighted by Crippen LogP contribution is 2.17. The van der Waals surface area contributed by atoms with Crippen molar-refractivity contribution in [1.82, 2.24) is 4.90 Å². The molecule has 4 heteroatoms. The number of benzene rings is 1. The number of halogens is 1. The predicted molar refractivity (Wildman–Crippen MR) is 73.9 cm³/mol. The summed E-state index contributed by atoms with van der Waals surface area (Å²) in [5.41, 5.74) is 2.22. The Bertz CT molecular complexity index is 418. The second-order valence-corrected chi connectivity index (χ2v) is 5.46. The van der Waals surface area contributed by atoms with Gasteiger partial charge in [-0.25, -0.2) is 0 Å². The third-order valence-electron chi connectivity index (χ3n) is 2.68. The van der Waals surface area contributed by atoms with Crippen molar-refractivity contribution < 1.29 is 9.90 Å². The fourth-order valence-electron chi connectivity index (χ4n) is 1.97. The zero-order valence-electron chi connectivity index (χ0n) is 11.1. The van der Waals surface area contributed by atoms with Crippen molar-refractivity contribution in [2.45, 2.75) is 27.3 Å². The lowest BCUT2D eigenvalue weighted by Gasteiger charge is -2.23. The lowest BCUT2D eigenvalue weighted by Crippen LogP contribution is -2.32. The molecule has 1 N–H and O–H groups in total. The lowest BCUT2D eigenvalue weighted by molar-refractivity contribution is -0.138. The molecule has 0 aliphatic carbocycles. The van der Waals surface area contributed by atoms with E-state index >= 15 is 0 Å². The number of carboxylic acids is 1. The van der Waals surface area contributed by atoms with Crippen LogP contribution in [-0.4, -0.2) is 29.1 Å². The first-order valence-electron chi connectivity index (χ1n) is 6.07. The molecule has 0 radical (unpaired) electrons. The van der Waals surface area contributed by atoms with Gasteiger partial charge in [-0.15, -0.1) is 0 Å². The van der Waals surface area contributed by atoms with Gasteiger partial charge < -0.3 is 5.11 Å². The molecule has 0 fully saturated rings. The molecule has 0 aromatic heterocycles. The average molecular weight is 270 g/mol. The van der Waals surface area contributed by atoms with Crippen molar-refractivity contribution in [3.05, 3.63) is 34.3 Å². The fourth-order valence-corrected chi connectivity index (χ4v) is 2.20. The van der Waals surface area contributed by atoms with E-state index in [9.17, 15) is 4.79 Å². The maximum absolute atomic E-state index is 10.9. The number of aryl methyl sites for hydroxylation is 1. The third kappa shape index (κ3) is 5.07. The molecule has 1 aromatic rings. The molecule has 0 aliphatic rings. The quantitative estimate of drug-likeness (QED) is 0.862. The summed E-state index contributed by atoms with van der Waals surface area (Å²) < 4.78 is 0. The molecule has 0 saturated carbocycles. The molecule has 1 aromatic carbocycles. The monoisotopic (exact) mass is 269 g/mol. The van der Waals surface area contributed by atoms with Crippen LogP contribution in [0.2, 0.25) is 5.02 Å². The van der Waals surface area contributed by atoms with Crippen LogP contribution in [0.5, 0.6) is 0 Å². The molecule has 0 spiro atoms. The molecule has 0 amide bonds. The first-order chi connectivity index (χ1) is 8.38. The highest BCUT2D eigenvalue weighted by Gasteiger charge is 2.13. The van der Waals surface area contributed by atoms with E-state index in [0.29, 0.717) is 17.5 Å². The summed E-state index contributed by atoms with van der Waals surface area (Å²) >= 11 is 5.91. The average Bonchev–Trinajstić information content (AvgIpc) is 2.20. The van der Waals surface area contributed by atoms with E-state index in [1.807, 2.05) is 30.0 Å². The molecule has 0 saturated heterocycles. The van der Waals surface area contributed by atoms with Gasteiger partial charge in [-0.3, -0.25) is 9.69 Å². The smallest absolute Gasteiger partial charge is 0.317 e. The van der Waals surface area contributed by atoms with Gasteiger partial charge in [0.2, 0.25) is 0 Å². The predicted octanol–water partition coefficient (Wildman–Crippen LogP) is 3.19. The molecule has 100 valence electrons. The summed E-state index contributed by atoms with van der Waals surface area (Å²) in [4.78, 5) is 12.8. The zero-order chi connectivity index (χ0) is 13.7. The van der Waals surface area contributed by atoms with Crippen molar-refractivity contribution in [1.29, 1.82) is 0 Å². The van der Waals surface area contributed by atoms with Gasteiger partial charge in [0.1, 0.15) is 0 Å². The largest absolute Gasteiger partial charge is 0.480 e. The molecule has 3 nitrogen and oxygen atoms in total. The molecule has 0 bridgehead atoms. The Morgan fingerprint density at radius 3 is 2.61 bits per heavy atom. The molecule has 0 heterocycles. The summed E-state index contributed by atoms with van der Waals surface area (Å²) in [5, 5.41) is 9.64. The van der Waals surface area contributed by atoms with Gasteiger partial charge in [-0.2, -0.15) is 0 Å². The minimum Gasteiger partial charge on any atom is -0.480 e. The van der Waals surface area contributed by atoms with E-state index in [1.54, 1.807) is 0 Å². The molecule has 1 rings (SSSR count). The number of hydrogen-bond acceptors (Lipinski definition) is 2. The van der Waals surface area contributed by atoms with Gasteiger partial charge in [0.15, 0.2) is 0 Å². The van der Waals surface area contributed by atoms with E-state index in [-0.39, 0.29) is 6.54 Å². The fraction of sp³-hybridized carbons (Fsp3) is 0.500. The molecular formula is C14H20ClNO2. The van der Waals surface area contributed by atoms with Crippen molar-refractivity contribution in [2.75, 3.05) is 13.1 Å². The Morgan fingerprint density at radius 1 is 1.44 bits per heavy atom. The van der Waals surface area contributed by atoms with Crippen LogP contribution in [0.4, 0.5) is 0 Å². The van der Waals surface area contributed by atoms with E-state index in [2.05, 4.69) is 13.8 Å². The number of nitrogens with zero attached hydrogens (tertiary/aromatic N) is 1. The maximum Gasteiger partial charge on any atom is 0.317 e. The Balaban J connectivity index is 2.78. The number of hydrogen-bond donors (Lipinski definition) is 1. The van der Waals surface area contributed by atoms with E-state index in [4.69, 9.17) is 16.7 Å². The van der Waals surface area contributed by atoms with E-state index < -0.39 is 5.97 Å². The Kier molecular flexibility index (Phi) is 5.63. The number of aliphatic carboxylic acids is 1. The van der Waals surface area contributed by atoms with Crippen LogP contribution >= 0.6 is 11.6 Å². The zero-order valence-corrected chi connectivity index (χ0v) is 11.9. The third-order valence-corrected chi connectivity index (χ3v) is 2.92. The van der Waals surface area contributed by atoms with Crippen LogP contribution < -0.4 is 0 Å². The van der Waals surface area contributed by atoms with Crippen LogP contribution in [0.15, 0.2) is 18.2 Å². The minimum absolute atomic E-state index is 0.0697. The maximum atomic E-state index is 10.9. The first-order valence-corrected chi connectivity index (χ1v) is 6.45. The number of rotatable bonds is 6. The molecular weight excluding hydrogens is 250 g/mol. The number of carbonyl (C=O) groups is 1. The van der Waals surface area contributed by atoms with Crippen LogP contribution in [0, 0.1) is 12.8 Å². The SMILES string of the molecule is Cc1cc(Cl)ccc1CN(CC(=O)O)CC(C)C. The number of carboxylic acid groups (broad SMARTS) is 1. The summed E-state index contributed by atoms with van der Waals surface area (Å²) in [6, 6.07) is 5.72. The Morgan fingerprint density at radius 2 is 2.11 bits per heavy atom. The van der Waals surface area contributed by atoms with Gasteiger partial charge in [0.25, 0.3) is 0 Å². The Hall–Kier alpha value is -1.06. The van der Waals surface area contributed by atoms with Gasteiger partial charge in [0, 0.05) is 18.1 Å². The van der Waals surface area contributed by atoms with Crippen LogP contribution in [0.1, 0.15) is 25.0 Å². The summed E-state index contributed by atoms with van der Waals surface area (Å²) in [7, 11) is 0. The Labute approximate surface area is 113 Å². The van der Waals surface area contributed by atoms with Gasteiger partial charge in [0.05, 0.1) is 6.54 Å². The molecule has 0 aliphatic heterocycles. The van der Waals surface area contributed by atoms with Crippen LogP contribution in [0.3, 0.4) is 0 Å². The second-order valence-electron chi connectivity index (χ2n) is 5.03. The van der Waals surface area contributed by atoms with Crippen molar-refractivity contribution >= 4 is 17.6 Å². The topological polar surface area (TPSA) is 40.5 Å². The van der Waals surface area contributed by atoms with Crippen molar-refractivity contribution in [3.8, 4) is 0 Å². The van der Waals surface area contributed by atoms with Crippen LogP contribution in [-0.2, 0) is 11.3 Å². The van der Waals surface area contributed by atoms with Crippen molar-refractivity contribution in [2.24, 2.45) is 5.92 Å². The summed E-state index contributed by atoms with van der Waals surface area (Å²) in [6.07, 6.45) is 0. The minimum atomic E-state index is -0.790. The molecule has 0 unspecified atom stereocenters. The second kappa shape index (κ2) is 6.76. The lowest BCUT2D eigenvalue weighted by atomic mass is 10.1. The first kappa shape index (κ1) is 15.0. The van der Waals surface area contributed by atoms with Crippen molar-refractivity contribution in [3.63, 3.8) is 0 Å². The van der Waals surface area contributed by atoms with Crippen LogP contribution in [0.25, 0.3) is 0 Å². The summed E-state index contributed by atoms with van der Waals surface area (Å²) in [6.45, 7) is 7.66. The van der Waals surface area contributed by atoms with Gasteiger partial charge in [-0.05, 0) is 36.1 Å². The molecule has 0 atom stereocenters. The molecule has 18 heavy (non-hydrogen) atoms.